The molecule has 0 bridgehead atoms. The fourth-order valence-corrected chi connectivity index (χ4v) is 6.22. The summed E-state index contributed by atoms with van der Waals surface area (Å²) in [6.07, 6.45) is 5.62. The Labute approximate surface area is 171 Å². The molecule has 2 fully saturated rings. The first-order valence-corrected chi connectivity index (χ1v) is 11.7. The van der Waals surface area contributed by atoms with Crippen molar-refractivity contribution in [1.29, 1.82) is 0 Å². The fraction of sp³-hybridized carbons (Fsp3) is 0.632. The fourth-order valence-electron chi connectivity index (χ4n) is 4.01. The molecule has 0 aromatic heterocycles. The Kier molecular flexibility index (Phi) is 6.72. The molecule has 1 N–H and O–H groups in total. The molecular weight excluding hydrogens is 407 g/mol. The quantitative estimate of drug-likeness (QED) is 0.778. The van der Waals surface area contributed by atoms with Crippen LogP contribution in [0.4, 0.5) is 0 Å². The second-order valence-corrected chi connectivity index (χ2v) is 10.3. The maximum Gasteiger partial charge on any atom is 0.244 e. The summed E-state index contributed by atoms with van der Waals surface area (Å²) in [4.78, 5) is 12.6. The lowest BCUT2D eigenvalue weighted by Crippen LogP contribution is -2.47. The van der Waals surface area contributed by atoms with Crippen molar-refractivity contribution in [2.24, 2.45) is 11.8 Å². The van der Waals surface area contributed by atoms with E-state index in [1.165, 1.54) is 16.8 Å². The van der Waals surface area contributed by atoms with E-state index in [2.05, 4.69) is 12.2 Å². The molecule has 0 radical (unpaired) electrons. The van der Waals surface area contributed by atoms with Crippen LogP contribution in [0.15, 0.2) is 23.1 Å². The molecule has 3 rings (SSSR count). The SMILES string of the molecule is CC1CCCCC1NC(=O)C1CCN(S(=O)(=O)c2cccc(Cl)c2Cl)CC1. The number of nitrogens with one attached hydrogen (secondary N) is 1. The Balaban J connectivity index is 1.61. The zero-order chi connectivity index (χ0) is 19.6. The molecule has 1 saturated carbocycles. The number of sulfonamides is 1. The molecule has 27 heavy (non-hydrogen) atoms. The molecule has 1 saturated heterocycles. The second kappa shape index (κ2) is 8.68. The standard InChI is InChI=1S/C19H26Cl2N2O3S/c1-13-5-2-3-7-16(13)22-19(24)14-9-11-23(12-10-14)27(25,26)17-8-4-6-15(20)18(17)21/h4,6,8,13-14,16H,2-3,5,7,9-12H2,1H3,(H,22,24). The maximum absolute atomic E-state index is 12.9. The second-order valence-electron chi connectivity index (χ2n) is 7.61. The summed E-state index contributed by atoms with van der Waals surface area (Å²) in [6.45, 7) is 2.81. The number of rotatable bonds is 4. The first-order chi connectivity index (χ1) is 12.8. The molecule has 1 heterocycles. The smallest absolute Gasteiger partial charge is 0.244 e. The number of amides is 1. The topological polar surface area (TPSA) is 66.5 Å². The summed E-state index contributed by atoms with van der Waals surface area (Å²) >= 11 is 12.1. The van der Waals surface area contributed by atoms with Crippen molar-refractivity contribution in [2.75, 3.05) is 13.1 Å². The van der Waals surface area contributed by atoms with E-state index in [9.17, 15) is 13.2 Å². The largest absolute Gasteiger partial charge is 0.353 e. The van der Waals surface area contributed by atoms with E-state index in [4.69, 9.17) is 23.2 Å². The highest BCUT2D eigenvalue weighted by atomic mass is 35.5. The van der Waals surface area contributed by atoms with Gasteiger partial charge in [0.05, 0.1) is 10.0 Å². The molecule has 1 aliphatic carbocycles. The maximum atomic E-state index is 12.9. The van der Waals surface area contributed by atoms with E-state index in [0.717, 1.165) is 19.3 Å². The Bertz CT molecular complexity index is 792. The number of hydrogen-bond acceptors (Lipinski definition) is 3. The van der Waals surface area contributed by atoms with Crippen molar-refractivity contribution in [3.05, 3.63) is 28.2 Å². The van der Waals surface area contributed by atoms with Gasteiger partial charge in [-0.15, -0.1) is 0 Å². The number of carbonyl (C=O) groups excluding carboxylic acids is 1. The monoisotopic (exact) mass is 432 g/mol. The van der Waals surface area contributed by atoms with Crippen molar-refractivity contribution in [1.82, 2.24) is 9.62 Å². The van der Waals surface area contributed by atoms with Crippen LogP contribution in [0.5, 0.6) is 0 Å². The molecule has 8 heteroatoms. The third-order valence-electron chi connectivity index (χ3n) is 5.80. The third-order valence-corrected chi connectivity index (χ3v) is 8.67. The Morgan fingerprint density at radius 3 is 2.44 bits per heavy atom. The Morgan fingerprint density at radius 1 is 1.11 bits per heavy atom. The van der Waals surface area contributed by atoms with Gasteiger partial charge in [-0.05, 0) is 43.7 Å². The molecule has 0 spiro atoms. The van der Waals surface area contributed by atoms with Gasteiger partial charge >= 0.3 is 0 Å². The molecular formula is C19H26Cl2N2O3S. The van der Waals surface area contributed by atoms with E-state index in [1.54, 1.807) is 12.1 Å². The number of hydrogen-bond donors (Lipinski definition) is 1. The predicted molar refractivity (Wildman–Crippen MR) is 108 cm³/mol. The molecule has 1 aliphatic heterocycles. The van der Waals surface area contributed by atoms with Gasteiger partial charge in [-0.1, -0.05) is 49.0 Å². The van der Waals surface area contributed by atoms with Crippen molar-refractivity contribution in [3.63, 3.8) is 0 Å². The minimum Gasteiger partial charge on any atom is -0.353 e. The highest BCUT2D eigenvalue weighted by Crippen LogP contribution is 2.33. The third kappa shape index (κ3) is 4.61. The van der Waals surface area contributed by atoms with Crippen molar-refractivity contribution in [3.8, 4) is 0 Å². The lowest BCUT2D eigenvalue weighted by molar-refractivity contribution is -0.127. The molecule has 2 atom stereocenters. The zero-order valence-electron chi connectivity index (χ0n) is 15.5. The van der Waals surface area contributed by atoms with Crippen LogP contribution in [-0.4, -0.2) is 37.8 Å². The summed E-state index contributed by atoms with van der Waals surface area (Å²) in [5.41, 5.74) is 0. The van der Waals surface area contributed by atoms with Gasteiger partial charge in [-0.25, -0.2) is 8.42 Å². The molecule has 5 nitrogen and oxygen atoms in total. The molecule has 1 aromatic rings. The summed E-state index contributed by atoms with van der Waals surface area (Å²) in [5, 5.41) is 3.46. The van der Waals surface area contributed by atoms with E-state index in [0.29, 0.717) is 31.8 Å². The van der Waals surface area contributed by atoms with E-state index in [1.807, 2.05) is 0 Å². The van der Waals surface area contributed by atoms with Gasteiger partial charge < -0.3 is 5.32 Å². The van der Waals surface area contributed by atoms with Gasteiger partial charge in [0.2, 0.25) is 15.9 Å². The Hall–Kier alpha value is -0.820. The number of halogens is 2. The minimum absolute atomic E-state index is 0.0237. The van der Waals surface area contributed by atoms with Crippen LogP contribution < -0.4 is 5.32 Å². The average Bonchev–Trinajstić information content (AvgIpc) is 2.65. The van der Waals surface area contributed by atoms with E-state index in [-0.39, 0.29) is 32.8 Å². The minimum atomic E-state index is -3.72. The number of piperidine rings is 1. The number of benzene rings is 1. The van der Waals surface area contributed by atoms with Crippen LogP contribution in [0.2, 0.25) is 10.0 Å². The van der Waals surface area contributed by atoms with Crippen LogP contribution in [0, 0.1) is 11.8 Å². The van der Waals surface area contributed by atoms with Crippen LogP contribution in [0.3, 0.4) is 0 Å². The lowest BCUT2D eigenvalue weighted by atomic mass is 9.85. The summed E-state index contributed by atoms with van der Waals surface area (Å²) in [5.74, 6) is 0.431. The van der Waals surface area contributed by atoms with E-state index >= 15 is 0 Å². The lowest BCUT2D eigenvalue weighted by Gasteiger charge is -2.34. The average molecular weight is 433 g/mol. The zero-order valence-corrected chi connectivity index (χ0v) is 17.8. The highest BCUT2D eigenvalue weighted by Gasteiger charge is 2.34. The first kappa shape index (κ1) is 20.9. The van der Waals surface area contributed by atoms with Gasteiger partial charge in [-0.2, -0.15) is 4.31 Å². The molecule has 2 unspecified atom stereocenters. The van der Waals surface area contributed by atoms with Crippen molar-refractivity contribution < 1.29 is 13.2 Å². The van der Waals surface area contributed by atoms with Crippen molar-refractivity contribution in [2.45, 2.75) is 56.4 Å². The number of carbonyl (C=O) groups is 1. The normalized spacial score (nSPS) is 25.3. The highest BCUT2D eigenvalue weighted by molar-refractivity contribution is 7.89. The van der Waals surface area contributed by atoms with Gasteiger partial charge in [0, 0.05) is 25.0 Å². The Morgan fingerprint density at radius 2 is 1.78 bits per heavy atom. The summed E-state index contributed by atoms with van der Waals surface area (Å²) in [6, 6.07) is 4.85. The summed E-state index contributed by atoms with van der Waals surface area (Å²) in [7, 11) is -3.72. The number of nitrogens with zero attached hydrogens (tertiary/aromatic N) is 1. The van der Waals surface area contributed by atoms with Crippen LogP contribution in [0.1, 0.15) is 45.4 Å². The first-order valence-electron chi connectivity index (χ1n) is 9.55. The predicted octanol–water partition coefficient (Wildman–Crippen LogP) is 4.09. The molecule has 150 valence electrons. The van der Waals surface area contributed by atoms with Gasteiger partial charge in [0.1, 0.15) is 4.90 Å². The van der Waals surface area contributed by atoms with Gasteiger partial charge in [0.15, 0.2) is 0 Å². The van der Waals surface area contributed by atoms with Crippen LogP contribution >= 0.6 is 23.2 Å². The molecule has 2 aliphatic rings. The molecule has 1 aromatic carbocycles. The van der Waals surface area contributed by atoms with Gasteiger partial charge in [0.25, 0.3) is 0 Å². The summed E-state index contributed by atoms with van der Waals surface area (Å²) < 4.78 is 27.2. The van der Waals surface area contributed by atoms with Crippen LogP contribution in [0.25, 0.3) is 0 Å². The van der Waals surface area contributed by atoms with Crippen LogP contribution in [-0.2, 0) is 14.8 Å². The van der Waals surface area contributed by atoms with E-state index < -0.39 is 10.0 Å². The van der Waals surface area contributed by atoms with Gasteiger partial charge in [-0.3, -0.25) is 4.79 Å². The van der Waals surface area contributed by atoms with Crippen molar-refractivity contribution >= 4 is 39.1 Å². The molecule has 1 amide bonds.